The van der Waals surface area contributed by atoms with Gasteiger partial charge in [-0.3, -0.25) is 0 Å². The molecule has 2 amide bonds. The third-order valence-electron chi connectivity index (χ3n) is 5.75. The van der Waals surface area contributed by atoms with Crippen LogP contribution < -0.4 is 5.32 Å². The van der Waals surface area contributed by atoms with E-state index in [1.165, 1.54) is 9.21 Å². The molecule has 2 unspecified atom stereocenters. The van der Waals surface area contributed by atoms with E-state index in [0.29, 0.717) is 5.82 Å². The summed E-state index contributed by atoms with van der Waals surface area (Å²) in [7, 11) is -3.44. The van der Waals surface area contributed by atoms with Crippen LogP contribution in [0.2, 0.25) is 0 Å². The molecule has 0 radical (unpaired) electrons. The topological polar surface area (TPSA) is 109 Å². The quantitative estimate of drug-likeness (QED) is 0.774. The molecule has 0 bridgehead atoms. The number of nitrogens with zero attached hydrogens (tertiary/aromatic N) is 4. The van der Waals surface area contributed by atoms with Crippen molar-refractivity contribution in [3.05, 3.63) is 41.5 Å². The number of hydrogen-bond donors (Lipinski definition) is 1. The molecule has 1 N–H and O–H groups in total. The number of aromatic nitrogens is 2. The molecule has 4 rings (SSSR count). The lowest BCUT2D eigenvalue weighted by atomic mass is 9.81. The Bertz CT molecular complexity index is 1090. The highest BCUT2D eigenvalue weighted by atomic mass is 32.2. The van der Waals surface area contributed by atoms with E-state index in [0.717, 1.165) is 18.2 Å². The minimum atomic E-state index is -3.44. The Hall–Kier alpha value is -2.60. The molecule has 0 spiro atoms. The Balaban J connectivity index is 1.60. The van der Waals surface area contributed by atoms with Crippen LogP contribution in [0.1, 0.15) is 18.6 Å². The van der Waals surface area contributed by atoms with Crippen LogP contribution in [-0.2, 0) is 15.4 Å². The third-order valence-corrected chi connectivity index (χ3v) is 7.54. The van der Waals surface area contributed by atoms with Gasteiger partial charge in [0.1, 0.15) is 11.6 Å². The lowest BCUT2D eigenvalue weighted by Gasteiger charge is -2.25. The second kappa shape index (κ2) is 7.27. The van der Waals surface area contributed by atoms with Gasteiger partial charge < -0.3 is 14.7 Å². The Labute approximate surface area is 172 Å². The molecule has 0 aliphatic carbocycles. The van der Waals surface area contributed by atoms with Crippen LogP contribution in [0, 0.1) is 24.5 Å². The monoisotopic (exact) mass is 441 g/mol. The third kappa shape index (κ3) is 3.43. The van der Waals surface area contributed by atoms with Crippen molar-refractivity contribution in [3.8, 4) is 0 Å². The second-order valence-corrected chi connectivity index (χ2v) is 9.89. The fourth-order valence-electron chi connectivity index (χ4n) is 4.16. The maximum Gasteiger partial charge on any atom is 0.321 e. The zero-order valence-electron chi connectivity index (χ0n) is 16.4. The van der Waals surface area contributed by atoms with Gasteiger partial charge in [-0.05, 0) is 26.0 Å². The summed E-state index contributed by atoms with van der Waals surface area (Å²) in [4.78, 5) is 18.5. The zero-order valence-corrected chi connectivity index (χ0v) is 17.2. The van der Waals surface area contributed by atoms with E-state index in [1.54, 1.807) is 13.8 Å². The smallest absolute Gasteiger partial charge is 0.321 e. The van der Waals surface area contributed by atoms with Gasteiger partial charge in [-0.2, -0.15) is 4.98 Å². The minimum Gasteiger partial charge on any atom is -0.339 e. The van der Waals surface area contributed by atoms with Crippen LogP contribution in [0.25, 0.3) is 0 Å². The lowest BCUT2D eigenvalue weighted by Crippen LogP contribution is -2.42. The molecule has 2 atom stereocenters. The van der Waals surface area contributed by atoms with Crippen LogP contribution in [0.3, 0.4) is 0 Å². The van der Waals surface area contributed by atoms with Crippen LogP contribution in [0.15, 0.2) is 22.7 Å². The van der Waals surface area contributed by atoms with Gasteiger partial charge in [-0.1, -0.05) is 5.16 Å². The van der Waals surface area contributed by atoms with Crippen molar-refractivity contribution in [2.75, 3.05) is 37.2 Å². The molecule has 0 saturated carbocycles. The summed E-state index contributed by atoms with van der Waals surface area (Å²) in [6.45, 7) is 3.85. The van der Waals surface area contributed by atoms with Crippen LogP contribution in [-0.4, -0.2) is 65.7 Å². The average Bonchev–Trinajstić information content (AvgIpc) is 3.37. The zero-order chi connectivity index (χ0) is 21.7. The highest BCUT2D eigenvalue weighted by Gasteiger charge is 2.59. The lowest BCUT2D eigenvalue weighted by molar-refractivity contribution is 0.212. The molecule has 2 aliphatic rings. The van der Waals surface area contributed by atoms with Crippen molar-refractivity contribution in [1.82, 2.24) is 19.3 Å². The SMILES string of the molecule is CCS(=O)(=O)N1CC2CN(C(=O)Nc3cc(F)ccc3F)CC2(c2nc(C)no2)C1. The van der Waals surface area contributed by atoms with Crippen LogP contribution >= 0.6 is 0 Å². The van der Waals surface area contributed by atoms with Gasteiger partial charge in [-0.15, -0.1) is 0 Å². The molecule has 2 fully saturated rings. The highest BCUT2D eigenvalue weighted by molar-refractivity contribution is 7.89. The standard InChI is InChI=1S/C18H21F2N5O4S/c1-3-30(27,28)25-8-12-7-24(9-18(12,10-25)16-21-11(2)23-29-16)17(26)22-15-6-13(19)4-5-14(15)20/h4-6,12H,3,7-10H2,1-2H3,(H,22,26). The van der Waals surface area contributed by atoms with Gasteiger partial charge in [0.25, 0.3) is 0 Å². The van der Waals surface area contributed by atoms with Gasteiger partial charge in [-0.25, -0.2) is 26.3 Å². The van der Waals surface area contributed by atoms with Gasteiger partial charge in [0.15, 0.2) is 5.82 Å². The molecule has 12 heteroatoms. The first kappa shape index (κ1) is 20.7. The molecular weight excluding hydrogens is 420 g/mol. The van der Waals surface area contributed by atoms with E-state index < -0.39 is 33.1 Å². The van der Waals surface area contributed by atoms with Gasteiger partial charge >= 0.3 is 6.03 Å². The summed E-state index contributed by atoms with van der Waals surface area (Å²) in [5.41, 5.74) is -1.13. The fraction of sp³-hybridized carbons (Fsp3) is 0.500. The number of aryl methyl sites for hydroxylation is 1. The molecule has 162 valence electrons. The number of nitrogens with one attached hydrogen (secondary N) is 1. The van der Waals surface area contributed by atoms with Gasteiger partial charge in [0, 0.05) is 38.2 Å². The molecule has 1 aromatic heterocycles. The molecule has 2 aliphatic heterocycles. The number of halogens is 2. The maximum atomic E-state index is 13.9. The Morgan fingerprint density at radius 3 is 2.77 bits per heavy atom. The van der Waals surface area contributed by atoms with Crippen molar-refractivity contribution in [2.24, 2.45) is 5.92 Å². The second-order valence-electron chi connectivity index (χ2n) is 7.63. The van der Waals surface area contributed by atoms with E-state index in [-0.39, 0.29) is 49.4 Å². The Kier molecular flexibility index (Phi) is 5.01. The summed E-state index contributed by atoms with van der Waals surface area (Å²) < 4.78 is 58.9. The van der Waals surface area contributed by atoms with Gasteiger partial charge in [0.05, 0.1) is 16.9 Å². The van der Waals surface area contributed by atoms with Crippen LogP contribution in [0.4, 0.5) is 19.3 Å². The van der Waals surface area contributed by atoms with Crippen molar-refractivity contribution in [1.29, 1.82) is 0 Å². The largest absolute Gasteiger partial charge is 0.339 e. The average molecular weight is 441 g/mol. The number of anilines is 1. The number of likely N-dealkylation sites (tertiary alicyclic amines) is 1. The molecule has 3 heterocycles. The molecule has 30 heavy (non-hydrogen) atoms. The number of hydrogen-bond acceptors (Lipinski definition) is 6. The predicted octanol–water partition coefficient (Wildman–Crippen LogP) is 1.72. The Morgan fingerprint density at radius 2 is 2.10 bits per heavy atom. The maximum absolute atomic E-state index is 13.9. The Morgan fingerprint density at radius 1 is 1.33 bits per heavy atom. The number of urea groups is 1. The molecule has 2 aromatic rings. The predicted molar refractivity (Wildman–Crippen MR) is 102 cm³/mol. The van der Waals surface area contributed by atoms with Crippen molar-refractivity contribution in [2.45, 2.75) is 19.3 Å². The summed E-state index contributed by atoms with van der Waals surface area (Å²) in [6, 6.07) is 2.17. The number of sulfonamides is 1. The molecule has 2 saturated heterocycles. The van der Waals surface area contributed by atoms with E-state index in [4.69, 9.17) is 4.52 Å². The number of fused-ring (bicyclic) bond motifs is 1. The molecule has 1 aromatic carbocycles. The van der Waals surface area contributed by atoms with E-state index in [2.05, 4.69) is 15.5 Å². The first-order chi connectivity index (χ1) is 14.1. The summed E-state index contributed by atoms with van der Waals surface area (Å²) in [5, 5.41) is 6.20. The summed E-state index contributed by atoms with van der Waals surface area (Å²) in [5.74, 6) is -1.08. The number of carbonyl (C=O) groups excluding carboxylic acids is 1. The molecular formula is C18H21F2N5O4S. The normalized spacial score (nSPS) is 24.3. The van der Waals surface area contributed by atoms with Crippen LogP contribution in [0.5, 0.6) is 0 Å². The number of amides is 2. The van der Waals surface area contributed by atoms with E-state index in [9.17, 15) is 22.0 Å². The fourth-order valence-corrected chi connectivity index (χ4v) is 5.36. The first-order valence-corrected chi connectivity index (χ1v) is 11.0. The van der Waals surface area contributed by atoms with Gasteiger partial charge in [0.2, 0.25) is 15.9 Å². The summed E-state index contributed by atoms with van der Waals surface area (Å²) in [6.07, 6.45) is 0. The van der Waals surface area contributed by atoms with Crippen molar-refractivity contribution in [3.63, 3.8) is 0 Å². The number of rotatable bonds is 4. The minimum absolute atomic E-state index is 0.0400. The number of carbonyl (C=O) groups is 1. The van der Waals surface area contributed by atoms with E-state index >= 15 is 0 Å². The van der Waals surface area contributed by atoms with Crippen molar-refractivity contribution < 1.29 is 26.5 Å². The first-order valence-electron chi connectivity index (χ1n) is 9.44. The number of benzene rings is 1. The van der Waals surface area contributed by atoms with E-state index in [1.807, 2.05) is 0 Å². The summed E-state index contributed by atoms with van der Waals surface area (Å²) >= 11 is 0. The highest BCUT2D eigenvalue weighted by Crippen LogP contribution is 2.45. The molecule has 9 nitrogen and oxygen atoms in total. The van der Waals surface area contributed by atoms with Crippen molar-refractivity contribution >= 4 is 21.7 Å².